The van der Waals surface area contributed by atoms with Gasteiger partial charge in [0.1, 0.15) is 13.5 Å². The van der Waals surface area contributed by atoms with Gasteiger partial charge in [-0.1, -0.05) is 22.0 Å². The summed E-state index contributed by atoms with van der Waals surface area (Å²) in [6.07, 6.45) is 0. The Morgan fingerprint density at radius 2 is 1.76 bits per heavy atom. The van der Waals surface area contributed by atoms with Crippen LogP contribution in [0.3, 0.4) is 0 Å². The maximum Gasteiger partial charge on any atom is 0.120 e. The summed E-state index contributed by atoms with van der Waals surface area (Å²) in [7, 11) is 3.43. The summed E-state index contributed by atoms with van der Waals surface area (Å²) in [5, 5.41) is 0.866. The first-order valence-electron chi connectivity index (χ1n) is 5.46. The van der Waals surface area contributed by atoms with E-state index in [2.05, 4.69) is 43.9 Å². The van der Waals surface area contributed by atoms with E-state index in [-0.39, 0.29) is 0 Å². The number of fused-ring (bicyclic) bond motifs is 1. The molecule has 1 aromatic carbocycles. The van der Waals surface area contributed by atoms with Crippen molar-refractivity contribution in [3.63, 3.8) is 0 Å². The van der Waals surface area contributed by atoms with E-state index in [0.29, 0.717) is 13.5 Å². The van der Waals surface area contributed by atoms with Gasteiger partial charge in [0.2, 0.25) is 0 Å². The van der Waals surface area contributed by atoms with Gasteiger partial charge >= 0.3 is 0 Å². The number of halogens is 1. The quantitative estimate of drug-likeness (QED) is 0.780. The van der Waals surface area contributed by atoms with Crippen LogP contribution in [0.1, 0.15) is 5.56 Å². The predicted octanol–water partition coefficient (Wildman–Crippen LogP) is 2.37. The zero-order valence-electron chi connectivity index (χ0n) is 10.1. The second-order valence-corrected chi connectivity index (χ2v) is 4.57. The third kappa shape index (κ3) is 2.56. The van der Waals surface area contributed by atoms with E-state index in [9.17, 15) is 0 Å². The minimum absolute atomic E-state index is 0.596. The Morgan fingerprint density at radius 1 is 1.12 bits per heavy atom. The van der Waals surface area contributed by atoms with Gasteiger partial charge in [-0.2, -0.15) is 0 Å². The van der Waals surface area contributed by atoms with Crippen LogP contribution < -0.4 is 9.80 Å². The first-order valence-corrected chi connectivity index (χ1v) is 6.59. The van der Waals surface area contributed by atoms with Crippen LogP contribution in [0.25, 0.3) is 0 Å². The largest absolute Gasteiger partial charge is 0.364 e. The van der Waals surface area contributed by atoms with E-state index in [4.69, 9.17) is 9.47 Å². The van der Waals surface area contributed by atoms with Gasteiger partial charge in [-0.15, -0.1) is 0 Å². The van der Waals surface area contributed by atoms with Crippen molar-refractivity contribution >= 4 is 27.3 Å². The van der Waals surface area contributed by atoms with E-state index in [1.807, 2.05) is 0 Å². The number of alkyl halides is 1. The van der Waals surface area contributed by atoms with Crippen LogP contribution in [-0.2, 0) is 14.8 Å². The standard InChI is InChI=1S/C12H17BrN2O2/c1-16-8-14-7-15(9-17-2)12-5-10(6-13)3-4-11(12)14/h3-5H,6-9H2,1-2H3. The fraction of sp³-hybridized carbons (Fsp3) is 0.500. The average Bonchev–Trinajstić information content (AvgIpc) is 2.68. The molecule has 0 amide bonds. The Morgan fingerprint density at radius 3 is 2.35 bits per heavy atom. The number of benzene rings is 1. The molecule has 1 aromatic rings. The van der Waals surface area contributed by atoms with E-state index in [0.717, 1.165) is 12.0 Å². The lowest BCUT2D eigenvalue weighted by Gasteiger charge is -2.20. The Labute approximate surface area is 110 Å². The summed E-state index contributed by atoms with van der Waals surface area (Å²) >= 11 is 3.48. The highest BCUT2D eigenvalue weighted by molar-refractivity contribution is 9.08. The highest BCUT2D eigenvalue weighted by Gasteiger charge is 2.25. The zero-order valence-corrected chi connectivity index (χ0v) is 11.7. The molecule has 0 saturated carbocycles. The number of anilines is 2. The molecule has 0 aliphatic carbocycles. The summed E-state index contributed by atoms with van der Waals surface area (Å²) in [6.45, 7) is 2.00. The molecule has 4 nitrogen and oxygen atoms in total. The number of ether oxygens (including phenoxy) is 2. The van der Waals surface area contributed by atoms with Gasteiger partial charge in [-0.25, -0.2) is 0 Å². The summed E-state index contributed by atoms with van der Waals surface area (Å²) in [5.74, 6) is 0. The first kappa shape index (κ1) is 12.7. The fourth-order valence-electron chi connectivity index (χ4n) is 2.06. The summed E-state index contributed by atoms with van der Waals surface area (Å²) < 4.78 is 10.4. The van der Waals surface area contributed by atoms with Gasteiger partial charge in [0.15, 0.2) is 0 Å². The molecule has 0 atom stereocenters. The molecule has 0 aromatic heterocycles. The molecule has 0 spiro atoms. The van der Waals surface area contributed by atoms with Gasteiger partial charge < -0.3 is 19.3 Å². The van der Waals surface area contributed by atoms with Crippen LogP contribution in [0, 0.1) is 0 Å². The van der Waals surface area contributed by atoms with Crippen LogP contribution in [0.2, 0.25) is 0 Å². The van der Waals surface area contributed by atoms with Crippen molar-refractivity contribution in [1.29, 1.82) is 0 Å². The lowest BCUT2D eigenvalue weighted by Crippen LogP contribution is -2.33. The minimum Gasteiger partial charge on any atom is -0.364 e. The third-order valence-corrected chi connectivity index (χ3v) is 3.43. The van der Waals surface area contributed by atoms with Crippen molar-refractivity contribution in [2.45, 2.75) is 5.33 Å². The number of rotatable bonds is 5. The number of methoxy groups -OCH3 is 2. The van der Waals surface area contributed by atoms with Gasteiger partial charge in [-0.3, -0.25) is 0 Å². The Hall–Kier alpha value is -0.780. The monoisotopic (exact) mass is 300 g/mol. The van der Waals surface area contributed by atoms with Gasteiger partial charge in [0.05, 0.1) is 18.0 Å². The summed E-state index contributed by atoms with van der Waals surface area (Å²) in [6, 6.07) is 6.46. The second kappa shape index (κ2) is 5.71. The lowest BCUT2D eigenvalue weighted by molar-refractivity contribution is 0.185. The van der Waals surface area contributed by atoms with E-state index in [1.54, 1.807) is 14.2 Å². The Kier molecular flexibility index (Phi) is 4.25. The normalized spacial score (nSPS) is 14.3. The molecule has 94 valence electrons. The SMILES string of the molecule is COCN1CN(COC)c2cc(CBr)ccc21. The predicted molar refractivity (Wildman–Crippen MR) is 72.7 cm³/mol. The maximum atomic E-state index is 5.23. The molecular weight excluding hydrogens is 284 g/mol. The molecule has 0 unspecified atom stereocenters. The molecule has 1 aliphatic heterocycles. The molecule has 0 N–H and O–H groups in total. The van der Waals surface area contributed by atoms with Crippen molar-refractivity contribution in [3.8, 4) is 0 Å². The highest BCUT2D eigenvalue weighted by atomic mass is 79.9. The molecule has 0 radical (unpaired) electrons. The smallest absolute Gasteiger partial charge is 0.120 e. The topological polar surface area (TPSA) is 24.9 Å². The van der Waals surface area contributed by atoms with Crippen LogP contribution >= 0.6 is 15.9 Å². The van der Waals surface area contributed by atoms with Gasteiger partial charge in [0, 0.05) is 19.5 Å². The van der Waals surface area contributed by atoms with E-state index >= 15 is 0 Å². The molecule has 0 fully saturated rings. The summed E-state index contributed by atoms with van der Waals surface area (Å²) in [5.41, 5.74) is 3.68. The molecule has 17 heavy (non-hydrogen) atoms. The maximum absolute atomic E-state index is 5.23. The molecule has 1 aliphatic rings. The van der Waals surface area contributed by atoms with Crippen LogP contribution in [0.15, 0.2) is 18.2 Å². The molecule has 1 heterocycles. The van der Waals surface area contributed by atoms with Gasteiger partial charge in [0.25, 0.3) is 0 Å². The molecule has 5 heteroatoms. The molecule has 0 bridgehead atoms. The van der Waals surface area contributed by atoms with Crippen molar-refractivity contribution in [2.75, 3.05) is 44.1 Å². The van der Waals surface area contributed by atoms with Crippen molar-refractivity contribution < 1.29 is 9.47 Å². The fourth-order valence-corrected chi connectivity index (χ4v) is 2.41. The highest BCUT2D eigenvalue weighted by Crippen LogP contribution is 2.36. The first-order chi connectivity index (χ1) is 8.30. The number of hydrogen-bond donors (Lipinski definition) is 0. The minimum atomic E-state index is 0.596. The van der Waals surface area contributed by atoms with E-state index < -0.39 is 0 Å². The van der Waals surface area contributed by atoms with Crippen LogP contribution in [-0.4, -0.2) is 34.3 Å². The van der Waals surface area contributed by atoms with Gasteiger partial charge in [-0.05, 0) is 17.7 Å². The Balaban J connectivity index is 2.29. The lowest BCUT2D eigenvalue weighted by atomic mass is 10.2. The van der Waals surface area contributed by atoms with Crippen LogP contribution in [0.5, 0.6) is 0 Å². The van der Waals surface area contributed by atoms with E-state index in [1.165, 1.54) is 16.9 Å². The van der Waals surface area contributed by atoms with Crippen molar-refractivity contribution in [3.05, 3.63) is 23.8 Å². The average molecular weight is 301 g/mol. The Bertz CT molecular complexity index is 387. The number of hydrogen-bond acceptors (Lipinski definition) is 4. The molecule has 2 rings (SSSR count). The molecule has 0 saturated heterocycles. The number of nitrogens with zero attached hydrogens (tertiary/aromatic N) is 2. The van der Waals surface area contributed by atoms with Crippen molar-refractivity contribution in [1.82, 2.24) is 0 Å². The summed E-state index contributed by atoms with van der Waals surface area (Å²) in [4.78, 5) is 4.38. The van der Waals surface area contributed by atoms with Crippen molar-refractivity contribution in [2.24, 2.45) is 0 Å². The second-order valence-electron chi connectivity index (χ2n) is 4.01. The third-order valence-electron chi connectivity index (χ3n) is 2.79. The zero-order chi connectivity index (χ0) is 12.3. The van der Waals surface area contributed by atoms with Crippen LogP contribution in [0.4, 0.5) is 11.4 Å². The molecular formula is C12H17BrN2O2.